The molecule has 2 aromatic rings. The maximum absolute atomic E-state index is 12.9. The molecule has 5 heteroatoms. The lowest BCUT2D eigenvalue weighted by molar-refractivity contribution is -0.0586. The second-order valence-electron chi connectivity index (χ2n) is 6.42. The van der Waals surface area contributed by atoms with Crippen LogP contribution in [0, 0.1) is 13.8 Å². The molecule has 1 amide bonds. The molecule has 124 valence electrons. The number of hydrogen-bond donors (Lipinski definition) is 0. The van der Waals surface area contributed by atoms with Crippen LogP contribution in [0.2, 0.25) is 0 Å². The molecule has 2 unspecified atom stereocenters. The second-order valence-corrected chi connectivity index (χ2v) is 6.42. The van der Waals surface area contributed by atoms with Crippen molar-refractivity contribution < 1.29 is 13.9 Å². The number of morpholine rings is 1. The highest BCUT2D eigenvalue weighted by atomic mass is 16.5. The summed E-state index contributed by atoms with van der Waals surface area (Å²) >= 11 is 0. The Bertz CT molecular complexity index is 677. The van der Waals surface area contributed by atoms with Crippen molar-refractivity contribution >= 4 is 5.91 Å². The van der Waals surface area contributed by atoms with E-state index in [0.29, 0.717) is 19.6 Å². The van der Waals surface area contributed by atoms with Crippen LogP contribution in [0.4, 0.5) is 0 Å². The van der Waals surface area contributed by atoms with E-state index in [1.807, 2.05) is 50.8 Å². The van der Waals surface area contributed by atoms with Crippen molar-refractivity contribution in [3.63, 3.8) is 0 Å². The topological polar surface area (TPSA) is 47.6 Å². The van der Waals surface area contributed by atoms with E-state index in [1.165, 1.54) is 0 Å². The maximum Gasteiger partial charge on any atom is 0.255 e. The largest absolute Gasteiger partial charge is 0.467 e. The first-order valence-electron chi connectivity index (χ1n) is 8.09. The Balaban J connectivity index is 1.84. The molecular formula is C18H24N2O3. The number of nitrogens with zero attached hydrogens (tertiary/aromatic N) is 2. The van der Waals surface area contributed by atoms with Gasteiger partial charge in [-0.05, 0) is 45.9 Å². The minimum atomic E-state index is 0.0781. The Morgan fingerprint density at radius 3 is 2.57 bits per heavy atom. The van der Waals surface area contributed by atoms with Gasteiger partial charge in [-0.3, -0.25) is 4.79 Å². The molecule has 1 saturated heterocycles. The molecule has 3 rings (SSSR count). The summed E-state index contributed by atoms with van der Waals surface area (Å²) < 4.78 is 13.3. The number of rotatable bonds is 3. The second kappa shape index (κ2) is 6.24. The van der Waals surface area contributed by atoms with E-state index < -0.39 is 0 Å². The van der Waals surface area contributed by atoms with Crippen LogP contribution in [0.1, 0.15) is 41.4 Å². The zero-order valence-corrected chi connectivity index (χ0v) is 14.2. The van der Waals surface area contributed by atoms with E-state index >= 15 is 0 Å². The van der Waals surface area contributed by atoms with Gasteiger partial charge in [0.15, 0.2) is 0 Å². The highest BCUT2D eigenvalue weighted by Gasteiger charge is 2.28. The number of hydrogen-bond acceptors (Lipinski definition) is 3. The fourth-order valence-corrected chi connectivity index (χ4v) is 3.33. The molecular weight excluding hydrogens is 292 g/mol. The Morgan fingerprint density at radius 1 is 1.26 bits per heavy atom. The SMILES string of the molecule is Cc1cc(C(=O)N2CC(C)OC(C)C2)c(C)n1Cc1ccco1. The van der Waals surface area contributed by atoms with Crippen LogP contribution in [-0.4, -0.2) is 40.7 Å². The van der Waals surface area contributed by atoms with E-state index in [-0.39, 0.29) is 18.1 Å². The summed E-state index contributed by atoms with van der Waals surface area (Å²) in [5.41, 5.74) is 2.82. The van der Waals surface area contributed by atoms with Crippen LogP contribution in [0.15, 0.2) is 28.9 Å². The average molecular weight is 316 g/mol. The molecule has 0 aromatic carbocycles. The molecule has 0 radical (unpaired) electrons. The van der Waals surface area contributed by atoms with Gasteiger partial charge in [-0.2, -0.15) is 0 Å². The van der Waals surface area contributed by atoms with Crippen molar-refractivity contribution in [2.24, 2.45) is 0 Å². The van der Waals surface area contributed by atoms with Gasteiger partial charge in [0, 0.05) is 24.5 Å². The van der Waals surface area contributed by atoms with Crippen LogP contribution >= 0.6 is 0 Å². The summed E-state index contributed by atoms with van der Waals surface area (Å²) in [6.45, 7) is 9.98. The standard InChI is InChI=1S/C18H24N2O3/c1-12-8-17(15(4)20(12)11-16-6-5-7-22-16)18(21)19-9-13(2)23-14(3)10-19/h5-8,13-14H,9-11H2,1-4H3. The van der Waals surface area contributed by atoms with E-state index in [0.717, 1.165) is 22.7 Å². The molecule has 2 atom stereocenters. The summed E-state index contributed by atoms with van der Waals surface area (Å²) in [7, 11) is 0. The number of carbonyl (C=O) groups is 1. The molecule has 23 heavy (non-hydrogen) atoms. The third-order valence-electron chi connectivity index (χ3n) is 4.40. The van der Waals surface area contributed by atoms with Crippen LogP contribution in [0.25, 0.3) is 0 Å². The number of aromatic nitrogens is 1. The van der Waals surface area contributed by atoms with Crippen molar-refractivity contribution in [3.8, 4) is 0 Å². The molecule has 0 N–H and O–H groups in total. The Kier molecular flexibility index (Phi) is 4.31. The fourth-order valence-electron chi connectivity index (χ4n) is 3.33. The minimum absolute atomic E-state index is 0.0781. The van der Waals surface area contributed by atoms with Crippen LogP contribution in [-0.2, 0) is 11.3 Å². The maximum atomic E-state index is 12.9. The van der Waals surface area contributed by atoms with E-state index in [1.54, 1.807) is 6.26 Å². The summed E-state index contributed by atoms with van der Waals surface area (Å²) in [5.74, 6) is 0.977. The number of carbonyl (C=O) groups excluding carboxylic acids is 1. The summed E-state index contributed by atoms with van der Waals surface area (Å²) in [4.78, 5) is 14.8. The molecule has 5 nitrogen and oxygen atoms in total. The molecule has 2 aromatic heterocycles. The summed E-state index contributed by atoms with van der Waals surface area (Å²) in [6, 6.07) is 5.81. The van der Waals surface area contributed by atoms with Gasteiger partial charge < -0.3 is 18.6 Å². The third kappa shape index (κ3) is 3.20. The van der Waals surface area contributed by atoms with Gasteiger partial charge in [0.2, 0.25) is 0 Å². The molecule has 0 aliphatic carbocycles. The highest BCUT2D eigenvalue weighted by Crippen LogP contribution is 2.21. The van der Waals surface area contributed by atoms with Crippen molar-refractivity contribution in [2.75, 3.05) is 13.1 Å². The number of furan rings is 1. The van der Waals surface area contributed by atoms with Gasteiger partial charge in [-0.15, -0.1) is 0 Å². The van der Waals surface area contributed by atoms with E-state index in [2.05, 4.69) is 4.57 Å². The lowest BCUT2D eigenvalue weighted by atomic mass is 10.1. The number of amides is 1. The van der Waals surface area contributed by atoms with Gasteiger partial charge in [0.1, 0.15) is 5.76 Å². The van der Waals surface area contributed by atoms with E-state index in [9.17, 15) is 4.79 Å². The predicted molar refractivity (Wildman–Crippen MR) is 87.6 cm³/mol. The van der Waals surface area contributed by atoms with Crippen molar-refractivity contribution in [1.82, 2.24) is 9.47 Å². The van der Waals surface area contributed by atoms with Crippen molar-refractivity contribution in [3.05, 3.63) is 47.2 Å². The first kappa shape index (κ1) is 15.9. The van der Waals surface area contributed by atoms with E-state index in [4.69, 9.17) is 9.15 Å². The number of aryl methyl sites for hydroxylation is 1. The highest BCUT2D eigenvalue weighted by molar-refractivity contribution is 5.95. The molecule has 0 saturated carbocycles. The molecule has 0 bridgehead atoms. The van der Waals surface area contributed by atoms with Crippen molar-refractivity contribution in [2.45, 2.75) is 46.4 Å². The Labute approximate surface area is 136 Å². The molecule has 0 spiro atoms. The summed E-state index contributed by atoms with van der Waals surface area (Å²) in [6.07, 6.45) is 1.83. The normalized spacial score (nSPS) is 21.7. The summed E-state index contributed by atoms with van der Waals surface area (Å²) in [5, 5.41) is 0. The number of ether oxygens (including phenoxy) is 1. The third-order valence-corrected chi connectivity index (χ3v) is 4.40. The molecule has 3 heterocycles. The molecule has 1 aliphatic rings. The first-order valence-corrected chi connectivity index (χ1v) is 8.09. The van der Waals surface area contributed by atoms with Gasteiger partial charge in [-0.25, -0.2) is 0 Å². The van der Waals surface area contributed by atoms with Crippen molar-refractivity contribution in [1.29, 1.82) is 0 Å². The van der Waals surface area contributed by atoms with Crippen LogP contribution in [0.3, 0.4) is 0 Å². The van der Waals surface area contributed by atoms with Crippen LogP contribution in [0.5, 0.6) is 0 Å². The smallest absolute Gasteiger partial charge is 0.255 e. The molecule has 1 aliphatic heterocycles. The predicted octanol–water partition coefficient (Wildman–Crippen LogP) is 3.00. The monoisotopic (exact) mass is 316 g/mol. The van der Waals surface area contributed by atoms with Gasteiger partial charge >= 0.3 is 0 Å². The zero-order chi connectivity index (χ0) is 16.6. The lowest BCUT2D eigenvalue weighted by Crippen LogP contribution is -2.48. The van der Waals surface area contributed by atoms with Crippen LogP contribution < -0.4 is 0 Å². The quantitative estimate of drug-likeness (QED) is 0.874. The van der Waals surface area contributed by atoms with Gasteiger partial charge in [-0.1, -0.05) is 0 Å². The Morgan fingerprint density at radius 2 is 1.96 bits per heavy atom. The average Bonchev–Trinajstić information content (AvgIpc) is 3.09. The first-order chi connectivity index (χ1) is 11.0. The van der Waals surface area contributed by atoms with Gasteiger partial charge in [0.25, 0.3) is 5.91 Å². The zero-order valence-electron chi connectivity index (χ0n) is 14.2. The lowest BCUT2D eigenvalue weighted by Gasteiger charge is -2.35. The van der Waals surface area contributed by atoms with Gasteiger partial charge in [0.05, 0.1) is 30.6 Å². The molecule has 1 fully saturated rings. The fraction of sp³-hybridized carbons (Fsp3) is 0.500. The minimum Gasteiger partial charge on any atom is -0.467 e. The Hall–Kier alpha value is -2.01.